The van der Waals surface area contributed by atoms with E-state index in [1.807, 2.05) is 24.3 Å². The van der Waals surface area contributed by atoms with Gasteiger partial charge in [0.25, 0.3) is 0 Å². The van der Waals surface area contributed by atoms with Crippen LogP contribution in [0.1, 0.15) is 64.8 Å². The lowest BCUT2D eigenvalue weighted by molar-refractivity contribution is -0.119. The SMILES string of the molecule is CCC[C@@H](C)NC(=O)CSc1nnc(-c2ccccc2OC)n1C1CCCCC1. The van der Waals surface area contributed by atoms with Gasteiger partial charge < -0.3 is 10.1 Å². The summed E-state index contributed by atoms with van der Waals surface area (Å²) in [5.41, 5.74) is 0.945. The van der Waals surface area contributed by atoms with Crippen LogP contribution in [0.3, 0.4) is 0 Å². The largest absolute Gasteiger partial charge is 0.496 e. The van der Waals surface area contributed by atoms with Crippen LogP contribution in [0.5, 0.6) is 5.75 Å². The summed E-state index contributed by atoms with van der Waals surface area (Å²) in [4.78, 5) is 12.4. The molecule has 0 saturated heterocycles. The number of nitrogens with one attached hydrogen (secondary N) is 1. The molecule has 0 spiro atoms. The smallest absolute Gasteiger partial charge is 0.230 e. The molecule has 1 aromatic carbocycles. The minimum absolute atomic E-state index is 0.0491. The number of para-hydroxylation sites is 1. The van der Waals surface area contributed by atoms with Crippen LogP contribution in [0.15, 0.2) is 29.4 Å². The lowest BCUT2D eigenvalue weighted by atomic mass is 9.95. The van der Waals surface area contributed by atoms with Gasteiger partial charge in [-0.15, -0.1) is 10.2 Å². The van der Waals surface area contributed by atoms with Crippen LogP contribution in [-0.2, 0) is 4.79 Å². The molecule has 6 nitrogen and oxygen atoms in total. The first-order chi connectivity index (χ1) is 14.1. The van der Waals surface area contributed by atoms with Crippen LogP contribution in [-0.4, -0.2) is 39.6 Å². The third-order valence-electron chi connectivity index (χ3n) is 5.41. The van der Waals surface area contributed by atoms with Gasteiger partial charge in [-0.25, -0.2) is 0 Å². The predicted molar refractivity (Wildman–Crippen MR) is 117 cm³/mol. The lowest BCUT2D eigenvalue weighted by Crippen LogP contribution is -2.33. The molecule has 1 atom stereocenters. The maximum absolute atomic E-state index is 12.4. The number of carbonyl (C=O) groups is 1. The molecule has 1 aliphatic rings. The molecule has 1 fully saturated rings. The molecule has 0 unspecified atom stereocenters. The van der Waals surface area contributed by atoms with Crippen molar-refractivity contribution >= 4 is 17.7 Å². The third-order valence-corrected chi connectivity index (χ3v) is 6.36. The quantitative estimate of drug-likeness (QED) is 0.592. The van der Waals surface area contributed by atoms with Gasteiger partial charge in [0.1, 0.15) is 5.75 Å². The zero-order chi connectivity index (χ0) is 20.6. The van der Waals surface area contributed by atoms with E-state index in [0.717, 1.165) is 48.0 Å². The molecule has 1 amide bonds. The summed E-state index contributed by atoms with van der Waals surface area (Å²) in [7, 11) is 1.68. The molecule has 0 bridgehead atoms. The van der Waals surface area contributed by atoms with Gasteiger partial charge in [-0.05, 0) is 38.3 Å². The lowest BCUT2D eigenvalue weighted by Gasteiger charge is -2.26. The van der Waals surface area contributed by atoms with Crippen molar-refractivity contribution < 1.29 is 9.53 Å². The number of benzene rings is 1. The van der Waals surface area contributed by atoms with Gasteiger partial charge >= 0.3 is 0 Å². The van der Waals surface area contributed by atoms with Gasteiger partial charge in [-0.3, -0.25) is 9.36 Å². The zero-order valence-corrected chi connectivity index (χ0v) is 18.5. The molecule has 0 aliphatic heterocycles. The maximum Gasteiger partial charge on any atom is 0.230 e. The van der Waals surface area contributed by atoms with Crippen molar-refractivity contribution in [1.29, 1.82) is 0 Å². The summed E-state index contributed by atoms with van der Waals surface area (Å²) < 4.78 is 7.80. The van der Waals surface area contributed by atoms with Crippen molar-refractivity contribution in [3.05, 3.63) is 24.3 Å². The molecular weight excluding hydrogens is 384 g/mol. The Morgan fingerprint density at radius 3 is 2.76 bits per heavy atom. The Morgan fingerprint density at radius 1 is 1.28 bits per heavy atom. The highest BCUT2D eigenvalue weighted by Gasteiger charge is 2.25. The average Bonchev–Trinajstić information content (AvgIpc) is 3.16. The van der Waals surface area contributed by atoms with E-state index in [0.29, 0.717) is 11.8 Å². The Hall–Kier alpha value is -2.02. The number of nitrogens with zero attached hydrogens (tertiary/aromatic N) is 3. The summed E-state index contributed by atoms with van der Waals surface area (Å²) in [6, 6.07) is 8.49. The summed E-state index contributed by atoms with van der Waals surface area (Å²) in [6.07, 6.45) is 8.00. The Labute approximate surface area is 177 Å². The second kappa shape index (κ2) is 10.7. The fourth-order valence-corrected chi connectivity index (χ4v) is 4.83. The van der Waals surface area contributed by atoms with Gasteiger partial charge in [0.2, 0.25) is 5.91 Å². The first kappa shape index (κ1) is 21.7. The number of amides is 1. The second-order valence-corrected chi connectivity index (χ2v) is 8.66. The van der Waals surface area contributed by atoms with Crippen LogP contribution in [0.4, 0.5) is 0 Å². The Balaban J connectivity index is 1.83. The molecular formula is C22H32N4O2S. The van der Waals surface area contributed by atoms with E-state index >= 15 is 0 Å². The molecule has 1 saturated carbocycles. The van der Waals surface area contributed by atoms with Crippen LogP contribution < -0.4 is 10.1 Å². The van der Waals surface area contributed by atoms with E-state index in [1.165, 1.54) is 31.0 Å². The third kappa shape index (κ3) is 5.53. The normalized spacial score (nSPS) is 15.8. The Morgan fingerprint density at radius 2 is 2.03 bits per heavy atom. The number of hydrogen-bond donors (Lipinski definition) is 1. The molecule has 1 aromatic heterocycles. The van der Waals surface area contributed by atoms with Gasteiger partial charge in [-0.2, -0.15) is 0 Å². The topological polar surface area (TPSA) is 69.0 Å². The van der Waals surface area contributed by atoms with Gasteiger partial charge in [0, 0.05) is 12.1 Å². The summed E-state index contributed by atoms with van der Waals surface area (Å²) in [6.45, 7) is 4.18. The van der Waals surface area contributed by atoms with Crippen molar-refractivity contribution in [1.82, 2.24) is 20.1 Å². The van der Waals surface area contributed by atoms with Gasteiger partial charge in [0.05, 0.1) is 18.4 Å². The van der Waals surface area contributed by atoms with Crippen molar-refractivity contribution in [2.45, 2.75) is 76.0 Å². The molecule has 1 aliphatic carbocycles. The minimum atomic E-state index is 0.0491. The van der Waals surface area contributed by atoms with Crippen molar-refractivity contribution in [3.63, 3.8) is 0 Å². The fourth-order valence-electron chi connectivity index (χ4n) is 4.01. The molecule has 7 heteroatoms. The standard InChI is InChI=1S/C22H32N4O2S/c1-4-10-16(2)23-20(27)15-29-22-25-24-21(18-13-8-9-14-19(18)28-3)26(22)17-11-6-5-7-12-17/h8-9,13-14,16-17H,4-7,10-12,15H2,1-3H3,(H,23,27)/t16-/m1/s1. The molecule has 158 valence electrons. The molecule has 29 heavy (non-hydrogen) atoms. The number of thioether (sulfide) groups is 1. The number of hydrogen-bond acceptors (Lipinski definition) is 5. The molecule has 0 radical (unpaired) electrons. The number of rotatable bonds is 9. The van der Waals surface area contributed by atoms with Crippen molar-refractivity contribution in [3.8, 4) is 17.1 Å². The average molecular weight is 417 g/mol. The number of methoxy groups -OCH3 is 1. The molecule has 3 rings (SSSR count). The predicted octanol–water partition coefficient (Wildman–Crippen LogP) is 4.86. The molecule has 1 N–H and O–H groups in total. The first-order valence-electron chi connectivity index (χ1n) is 10.6. The van der Waals surface area contributed by atoms with E-state index in [-0.39, 0.29) is 11.9 Å². The van der Waals surface area contributed by atoms with Crippen LogP contribution in [0, 0.1) is 0 Å². The fraction of sp³-hybridized carbons (Fsp3) is 0.591. The van der Waals surface area contributed by atoms with Crippen molar-refractivity contribution in [2.24, 2.45) is 0 Å². The van der Waals surface area contributed by atoms with Crippen LogP contribution in [0.2, 0.25) is 0 Å². The van der Waals surface area contributed by atoms with Gasteiger partial charge in [-0.1, -0.05) is 56.5 Å². The van der Waals surface area contributed by atoms with Crippen LogP contribution >= 0.6 is 11.8 Å². The van der Waals surface area contributed by atoms with E-state index in [9.17, 15) is 4.79 Å². The number of ether oxygens (including phenoxy) is 1. The zero-order valence-electron chi connectivity index (χ0n) is 17.7. The maximum atomic E-state index is 12.4. The highest BCUT2D eigenvalue weighted by atomic mass is 32.2. The van der Waals surface area contributed by atoms with Crippen LogP contribution in [0.25, 0.3) is 11.4 Å². The summed E-state index contributed by atoms with van der Waals surface area (Å²) in [5.74, 6) is 2.02. The van der Waals surface area contributed by atoms with E-state index < -0.39 is 0 Å². The van der Waals surface area contributed by atoms with Crippen molar-refractivity contribution in [2.75, 3.05) is 12.9 Å². The first-order valence-corrected chi connectivity index (χ1v) is 11.6. The van der Waals surface area contributed by atoms with E-state index in [4.69, 9.17) is 4.74 Å². The second-order valence-electron chi connectivity index (χ2n) is 7.71. The minimum Gasteiger partial charge on any atom is -0.496 e. The molecule has 1 heterocycles. The van der Waals surface area contributed by atoms with Gasteiger partial charge in [0.15, 0.2) is 11.0 Å². The Kier molecular flexibility index (Phi) is 7.98. The monoisotopic (exact) mass is 416 g/mol. The number of aromatic nitrogens is 3. The highest BCUT2D eigenvalue weighted by molar-refractivity contribution is 7.99. The summed E-state index contributed by atoms with van der Waals surface area (Å²) in [5, 5.41) is 12.9. The van der Waals surface area contributed by atoms with E-state index in [2.05, 4.69) is 33.9 Å². The highest BCUT2D eigenvalue weighted by Crippen LogP contribution is 2.37. The summed E-state index contributed by atoms with van der Waals surface area (Å²) >= 11 is 1.47. The van der Waals surface area contributed by atoms with E-state index in [1.54, 1.807) is 7.11 Å². The molecule has 2 aromatic rings. The Bertz CT molecular complexity index is 802. The number of carbonyl (C=O) groups excluding carboxylic acids is 1.